The molecule has 40 heavy (non-hydrogen) atoms. The minimum absolute atomic E-state index is 0.132. The highest BCUT2D eigenvalue weighted by atomic mass is 127. The summed E-state index contributed by atoms with van der Waals surface area (Å²) in [6.07, 6.45) is 1.96. The highest BCUT2D eigenvalue weighted by molar-refractivity contribution is 14.1. The van der Waals surface area contributed by atoms with Crippen LogP contribution in [0, 0.1) is 15.4 Å². The number of carbonyl (C=O) groups excluding carboxylic acids is 2. The first-order valence-electron chi connectivity index (χ1n) is 13.4. The van der Waals surface area contributed by atoms with Gasteiger partial charge in [0.15, 0.2) is 0 Å². The van der Waals surface area contributed by atoms with Crippen molar-refractivity contribution in [1.29, 1.82) is 0 Å². The number of fused-ring (bicyclic) bond motifs is 1. The van der Waals surface area contributed by atoms with Gasteiger partial charge in [-0.3, -0.25) is 14.6 Å². The largest absolute Gasteiger partial charge is 0.274 e. The predicted octanol–water partition coefficient (Wildman–Crippen LogP) is 7.40. The van der Waals surface area contributed by atoms with Gasteiger partial charge in [0.25, 0.3) is 0 Å². The SMILES string of the molecule is O=C1[C@@H]2C3c4ccccc4C(C=Nc4ccc(I)cc4)(c4ccccc43)[C@H]2C(=O)N1c1cccc2ccccc12. The zero-order chi connectivity index (χ0) is 27.0. The number of amides is 2. The van der Waals surface area contributed by atoms with E-state index < -0.39 is 17.3 Å². The fourth-order valence-electron chi connectivity index (χ4n) is 7.39. The van der Waals surface area contributed by atoms with E-state index in [9.17, 15) is 9.59 Å². The van der Waals surface area contributed by atoms with Gasteiger partial charge < -0.3 is 0 Å². The lowest BCUT2D eigenvalue weighted by molar-refractivity contribution is -0.122. The molecular weight excluding hydrogens is 607 g/mol. The fourth-order valence-corrected chi connectivity index (χ4v) is 7.75. The van der Waals surface area contributed by atoms with Gasteiger partial charge in [-0.25, -0.2) is 4.90 Å². The fraction of sp³-hybridized carbons (Fsp3) is 0.114. The summed E-state index contributed by atoms with van der Waals surface area (Å²) >= 11 is 2.28. The van der Waals surface area contributed by atoms with Gasteiger partial charge in [0, 0.05) is 21.1 Å². The number of halogens is 1. The van der Waals surface area contributed by atoms with Crippen molar-refractivity contribution in [3.05, 3.63) is 141 Å². The second-order valence-electron chi connectivity index (χ2n) is 10.8. The Morgan fingerprint density at radius 3 is 2.05 bits per heavy atom. The van der Waals surface area contributed by atoms with Crippen molar-refractivity contribution in [1.82, 2.24) is 0 Å². The third kappa shape index (κ3) is 3.09. The monoisotopic (exact) mass is 630 g/mol. The van der Waals surface area contributed by atoms with E-state index in [1.54, 1.807) is 0 Å². The lowest BCUT2D eigenvalue weighted by Gasteiger charge is -2.52. The summed E-state index contributed by atoms with van der Waals surface area (Å²) in [5, 5.41) is 1.90. The topological polar surface area (TPSA) is 49.7 Å². The van der Waals surface area contributed by atoms with E-state index in [1.165, 1.54) is 4.90 Å². The second kappa shape index (κ2) is 8.70. The van der Waals surface area contributed by atoms with E-state index in [2.05, 4.69) is 46.9 Å². The standard InChI is InChI=1S/C35H23IN2O2/c36-22-16-18-23(19-17-22)37-20-35-27-13-5-3-11-25(27)30(26-12-4-6-14-28(26)35)31-32(35)34(40)38(33(31)39)29-15-7-9-21-8-1-2-10-24(21)29/h1-20,30-32H/t30?,31-,32-,35?/m1/s1. The van der Waals surface area contributed by atoms with Crippen LogP contribution >= 0.6 is 22.6 Å². The zero-order valence-electron chi connectivity index (χ0n) is 21.4. The molecule has 2 atom stereocenters. The molecular formula is C35H23IN2O2. The minimum atomic E-state index is -0.873. The van der Waals surface area contributed by atoms with E-state index in [1.807, 2.05) is 97.2 Å². The summed E-state index contributed by atoms with van der Waals surface area (Å²) in [6, 6.07) is 38.4. The molecule has 1 fully saturated rings. The molecule has 1 heterocycles. The highest BCUT2D eigenvalue weighted by Crippen LogP contribution is 2.64. The average molecular weight is 630 g/mol. The highest BCUT2D eigenvalue weighted by Gasteiger charge is 2.68. The molecule has 5 heteroatoms. The van der Waals surface area contributed by atoms with Crippen LogP contribution in [0.1, 0.15) is 28.2 Å². The lowest BCUT2D eigenvalue weighted by atomic mass is 9.47. The summed E-state index contributed by atoms with van der Waals surface area (Å²) in [6.45, 7) is 0. The van der Waals surface area contributed by atoms with E-state index in [-0.39, 0.29) is 17.7 Å². The molecule has 2 bridgehead atoms. The molecule has 1 saturated heterocycles. The summed E-state index contributed by atoms with van der Waals surface area (Å²) in [5.41, 5.74) is 4.94. The molecule has 0 N–H and O–H groups in total. The van der Waals surface area contributed by atoms with Gasteiger partial charge in [-0.15, -0.1) is 0 Å². The third-order valence-electron chi connectivity index (χ3n) is 8.94. The summed E-state index contributed by atoms with van der Waals surface area (Å²) in [7, 11) is 0. The van der Waals surface area contributed by atoms with E-state index in [0.717, 1.165) is 42.3 Å². The molecule has 0 aromatic heterocycles. The van der Waals surface area contributed by atoms with Crippen molar-refractivity contribution in [2.45, 2.75) is 11.3 Å². The average Bonchev–Trinajstić information content (AvgIpc) is 3.27. The van der Waals surface area contributed by atoms with E-state index in [0.29, 0.717) is 5.69 Å². The van der Waals surface area contributed by atoms with Gasteiger partial charge in [0.05, 0.1) is 28.6 Å². The Hall–Kier alpha value is -4.10. The van der Waals surface area contributed by atoms with Crippen LogP contribution in [0.3, 0.4) is 0 Å². The Balaban J connectivity index is 1.40. The lowest BCUT2D eigenvalue weighted by Crippen LogP contribution is -2.54. The van der Waals surface area contributed by atoms with E-state index >= 15 is 0 Å². The Kier molecular flexibility index (Phi) is 5.17. The van der Waals surface area contributed by atoms with Crippen molar-refractivity contribution < 1.29 is 9.59 Å². The van der Waals surface area contributed by atoms with Crippen LogP contribution in [-0.4, -0.2) is 18.0 Å². The van der Waals surface area contributed by atoms with Crippen LogP contribution in [0.5, 0.6) is 0 Å². The van der Waals surface area contributed by atoms with Gasteiger partial charge in [0.2, 0.25) is 11.8 Å². The summed E-state index contributed by atoms with van der Waals surface area (Å²) < 4.78 is 1.13. The maximum atomic E-state index is 14.7. The summed E-state index contributed by atoms with van der Waals surface area (Å²) in [4.78, 5) is 35.7. The smallest absolute Gasteiger partial charge is 0.239 e. The molecule has 4 aliphatic rings. The zero-order valence-corrected chi connectivity index (χ0v) is 23.5. The molecule has 192 valence electrons. The van der Waals surface area contributed by atoms with Crippen LogP contribution < -0.4 is 4.90 Å². The molecule has 4 nitrogen and oxygen atoms in total. The number of benzene rings is 5. The molecule has 0 unspecified atom stereocenters. The number of hydrogen-bond donors (Lipinski definition) is 0. The number of nitrogens with zero attached hydrogens (tertiary/aromatic N) is 2. The molecule has 9 rings (SSSR count). The molecule has 0 saturated carbocycles. The predicted molar refractivity (Wildman–Crippen MR) is 166 cm³/mol. The second-order valence-corrected chi connectivity index (χ2v) is 12.0. The van der Waals surface area contributed by atoms with Gasteiger partial charge in [-0.2, -0.15) is 0 Å². The first-order valence-corrected chi connectivity index (χ1v) is 14.5. The van der Waals surface area contributed by atoms with Gasteiger partial charge in [0.1, 0.15) is 0 Å². The van der Waals surface area contributed by atoms with Crippen LogP contribution in [0.4, 0.5) is 11.4 Å². The van der Waals surface area contributed by atoms with Crippen molar-refractivity contribution >= 4 is 62.8 Å². The third-order valence-corrected chi connectivity index (χ3v) is 9.65. The van der Waals surface area contributed by atoms with Crippen molar-refractivity contribution in [2.75, 3.05) is 4.90 Å². The maximum absolute atomic E-state index is 14.7. The van der Waals surface area contributed by atoms with Crippen LogP contribution in [0.15, 0.2) is 120 Å². The Bertz CT molecular complexity index is 1840. The number of carbonyl (C=O) groups is 2. The number of anilines is 1. The first-order chi connectivity index (χ1) is 19.6. The van der Waals surface area contributed by atoms with Crippen molar-refractivity contribution in [3.8, 4) is 0 Å². The van der Waals surface area contributed by atoms with Crippen LogP contribution in [0.2, 0.25) is 0 Å². The van der Waals surface area contributed by atoms with Gasteiger partial charge in [-0.05, 0) is 80.6 Å². The minimum Gasteiger partial charge on any atom is -0.274 e. The number of aliphatic imine (C=N–C) groups is 1. The maximum Gasteiger partial charge on any atom is 0.239 e. The number of rotatable bonds is 3. The molecule has 2 amide bonds. The molecule has 5 aromatic carbocycles. The number of hydrogen-bond acceptors (Lipinski definition) is 3. The normalized spacial score (nSPS) is 24.4. The van der Waals surface area contributed by atoms with Crippen LogP contribution in [0.25, 0.3) is 10.8 Å². The molecule has 0 radical (unpaired) electrons. The molecule has 1 aliphatic heterocycles. The van der Waals surface area contributed by atoms with E-state index in [4.69, 9.17) is 4.99 Å². The Morgan fingerprint density at radius 2 is 1.32 bits per heavy atom. The molecule has 0 spiro atoms. The van der Waals surface area contributed by atoms with Crippen LogP contribution in [-0.2, 0) is 15.0 Å². The Morgan fingerprint density at radius 1 is 0.700 bits per heavy atom. The molecule has 3 aliphatic carbocycles. The number of imide groups is 1. The summed E-state index contributed by atoms with van der Waals surface area (Å²) in [5.74, 6) is -1.59. The quantitative estimate of drug-likeness (QED) is 0.119. The molecule has 5 aromatic rings. The van der Waals surface area contributed by atoms with Crippen molar-refractivity contribution in [2.24, 2.45) is 16.8 Å². The van der Waals surface area contributed by atoms with Crippen molar-refractivity contribution in [3.63, 3.8) is 0 Å². The van der Waals surface area contributed by atoms with Gasteiger partial charge in [-0.1, -0.05) is 84.9 Å². The van der Waals surface area contributed by atoms with Gasteiger partial charge >= 0.3 is 0 Å². The Labute approximate surface area is 245 Å². The first kappa shape index (κ1) is 23.8.